The molecule has 0 radical (unpaired) electrons. The Labute approximate surface area is 178 Å². The Kier molecular flexibility index (Phi) is 5.04. The minimum atomic E-state index is 0.330. The predicted molar refractivity (Wildman–Crippen MR) is 118 cm³/mol. The lowest BCUT2D eigenvalue weighted by molar-refractivity contribution is 0.789. The van der Waals surface area contributed by atoms with Gasteiger partial charge in [0.2, 0.25) is 0 Å². The zero-order valence-electron chi connectivity index (χ0n) is 16.6. The normalized spacial score (nSPS) is 15.5. The fourth-order valence-electron chi connectivity index (χ4n) is 3.49. The molecule has 0 aromatic carbocycles. The van der Waals surface area contributed by atoms with Crippen LogP contribution in [0.1, 0.15) is 12.0 Å². The molecule has 152 valence electrons. The van der Waals surface area contributed by atoms with Crippen LogP contribution in [0, 0.1) is 11.3 Å². The first-order chi connectivity index (χ1) is 15.3. The van der Waals surface area contributed by atoms with Gasteiger partial charge in [-0.1, -0.05) is 0 Å². The molecule has 4 aromatic rings. The highest BCUT2D eigenvalue weighted by molar-refractivity contribution is 5.90. The molecular formula is C22H19N9. The van der Waals surface area contributed by atoms with Gasteiger partial charge in [-0.25, -0.2) is 19.9 Å². The summed E-state index contributed by atoms with van der Waals surface area (Å²) in [7, 11) is 0. The summed E-state index contributed by atoms with van der Waals surface area (Å²) in [6, 6.07) is 11.5. The lowest BCUT2D eigenvalue weighted by Crippen LogP contribution is -2.23. The average Bonchev–Trinajstić information content (AvgIpc) is 3.33. The monoisotopic (exact) mass is 409 g/mol. The van der Waals surface area contributed by atoms with Crippen LogP contribution < -0.4 is 16.0 Å². The van der Waals surface area contributed by atoms with E-state index >= 15 is 0 Å². The van der Waals surface area contributed by atoms with E-state index in [4.69, 9.17) is 15.2 Å². The van der Waals surface area contributed by atoms with Gasteiger partial charge in [0.1, 0.15) is 23.5 Å². The van der Waals surface area contributed by atoms with Crippen LogP contribution in [0.15, 0.2) is 55.1 Å². The Morgan fingerprint density at radius 2 is 2.00 bits per heavy atom. The van der Waals surface area contributed by atoms with E-state index in [1.54, 1.807) is 30.7 Å². The second-order valence-corrected chi connectivity index (χ2v) is 7.22. The molecule has 0 spiro atoms. The van der Waals surface area contributed by atoms with Gasteiger partial charge < -0.3 is 16.0 Å². The lowest BCUT2D eigenvalue weighted by Gasteiger charge is -2.15. The maximum absolute atomic E-state index is 8.92. The number of pyridine rings is 3. The van der Waals surface area contributed by atoms with E-state index in [-0.39, 0.29) is 0 Å². The molecule has 31 heavy (non-hydrogen) atoms. The topological polar surface area (TPSA) is 124 Å². The first-order valence-corrected chi connectivity index (χ1v) is 9.97. The summed E-state index contributed by atoms with van der Waals surface area (Å²) in [6.07, 6.45) is 7.77. The van der Waals surface area contributed by atoms with Crippen molar-refractivity contribution in [3.05, 3.63) is 60.7 Å². The van der Waals surface area contributed by atoms with Crippen LogP contribution in [-0.4, -0.2) is 44.1 Å². The molecule has 1 aliphatic heterocycles. The molecule has 0 bridgehead atoms. The number of hydrogen-bond acceptors (Lipinski definition) is 9. The van der Waals surface area contributed by atoms with Crippen LogP contribution in [0.4, 0.5) is 17.5 Å². The maximum atomic E-state index is 8.92. The Bertz CT molecular complexity index is 1260. The van der Waals surface area contributed by atoms with Gasteiger partial charge in [-0.3, -0.25) is 4.98 Å². The number of rotatable bonds is 5. The molecule has 9 heteroatoms. The van der Waals surface area contributed by atoms with Gasteiger partial charge in [0.05, 0.1) is 17.3 Å². The van der Waals surface area contributed by atoms with E-state index in [2.05, 4.69) is 37.0 Å². The van der Waals surface area contributed by atoms with Crippen molar-refractivity contribution in [1.29, 1.82) is 5.26 Å². The van der Waals surface area contributed by atoms with Gasteiger partial charge in [0.15, 0.2) is 5.82 Å². The third kappa shape index (κ3) is 4.10. The Morgan fingerprint density at radius 1 is 1.03 bits per heavy atom. The van der Waals surface area contributed by atoms with Crippen LogP contribution in [0.3, 0.4) is 0 Å². The quantitative estimate of drug-likeness (QED) is 0.456. The second kappa shape index (κ2) is 8.30. The summed E-state index contributed by atoms with van der Waals surface area (Å²) >= 11 is 0. The summed E-state index contributed by atoms with van der Waals surface area (Å²) in [4.78, 5) is 22.4. The fourth-order valence-corrected chi connectivity index (χ4v) is 3.49. The molecule has 1 atom stereocenters. The molecule has 1 aliphatic rings. The SMILES string of the molecule is N#Cc1ccc(Nc2cc(-c3nc(N[C@@H]4CCNC4)c4ccncc4n3)ccn2)nc1. The molecule has 5 rings (SSSR count). The van der Waals surface area contributed by atoms with Crippen molar-refractivity contribution >= 4 is 28.4 Å². The number of hydrogen-bond donors (Lipinski definition) is 3. The van der Waals surface area contributed by atoms with Crippen molar-refractivity contribution in [3.8, 4) is 17.5 Å². The Hall–Kier alpha value is -4.16. The summed E-state index contributed by atoms with van der Waals surface area (Å²) in [5, 5.41) is 19.9. The molecule has 4 aromatic heterocycles. The molecular weight excluding hydrogens is 390 g/mol. The highest BCUT2D eigenvalue weighted by atomic mass is 15.1. The minimum absolute atomic E-state index is 0.330. The van der Waals surface area contributed by atoms with Gasteiger partial charge in [-0.15, -0.1) is 0 Å². The van der Waals surface area contributed by atoms with Crippen molar-refractivity contribution in [3.63, 3.8) is 0 Å². The van der Waals surface area contributed by atoms with Crippen LogP contribution in [0.25, 0.3) is 22.3 Å². The maximum Gasteiger partial charge on any atom is 0.162 e. The van der Waals surface area contributed by atoms with Crippen molar-refractivity contribution in [2.24, 2.45) is 0 Å². The van der Waals surface area contributed by atoms with Crippen LogP contribution >= 0.6 is 0 Å². The van der Waals surface area contributed by atoms with Crippen LogP contribution in [0.2, 0.25) is 0 Å². The average molecular weight is 409 g/mol. The molecule has 3 N–H and O–H groups in total. The van der Waals surface area contributed by atoms with Crippen molar-refractivity contribution in [2.45, 2.75) is 12.5 Å². The van der Waals surface area contributed by atoms with Gasteiger partial charge in [0.25, 0.3) is 0 Å². The molecule has 0 saturated carbocycles. The zero-order valence-corrected chi connectivity index (χ0v) is 16.6. The van der Waals surface area contributed by atoms with E-state index in [0.29, 0.717) is 29.1 Å². The highest BCUT2D eigenvalue weighted by Crippen LogP contribution is 2.26. The molecule has 0 unspecified atom stereocenters. The largest absolute Gasteiger partial charge is 0.365 e. The fraction of sp³-hybridized carbons (Fsp3) is 0.182. The summed E-state index contributed by atoms with van der Waals surface area (Å²) < 4.78 is 0. The Balaban J connectivity index is 1.48. The lowest BCUT2D eigenvalue weighted by atomic mass is 10.2. The van der Waals surface area contributed by atoms with Crippen molar-refractivity contribution in [2.75, 3.05) is 23.7 Å². The number of nitrogens with one attached hydrogen (secondary N) is 3. The van der Waals surface area contributed by atoms with Crippen LogP contribution in [0.5, 0.6) is 0 Å². The predicted octanol–water partition coefficient (Wildman–Crippen LogP) is 2.87. The second-order valence-electron chi connectivity index (χ2n) is 7.22. The minimum Gasteiger partial charge on any atom is -0.365 e. The van der Waals surface area contributed by atoms with Crippen molar-refractivity contribution in [1.82, 2.24) is 30.2 Å². The first kappa shape index (κ1) is 18.8. The molecule has 1 fully saturated rings. The van der Waals surface area contributed by atoms with Gasteiger partial charge in [-0.2, -0.15) is 5.26 Å². The van der Waals surface area contributed by atoms with E-state index in [0.717, 1.165) is 41.8 Å². The number of aromatic nitrogens is 5. The van der Waals surface area contributed by atoms with E-state index in [9.17, 15) is 0 Å². The summed E-state index contributed by atoms with van der Waals surface area (Å²) in [6.45, 7) is 1.91. The van der Waals surface area contributed by atoms with Gasteiger partial charge in [-0.05, 0) is 43.3 Å². The first-order valence-electron chi connectivity index (χ1n) is 9.97. The summed E-state index contributed by atoms with van der Waals surface area (Å²) in [5.41, 5.74) is 2.11. The smallest absolute Gasteiger partial charge is 0.162 e. The number of fused-ring (bicyclic) bond motifs is 1. The third-order valence-electron chi connectivity index (χ3n) is 5.07. The third-order valence-corrected chi connectivity index (χ3v) is 5.07. The Morgan fingerprint density at radius 3 is 2.81 bits per heavy atom. The molecule has 1 saturated heterocycles. The number of anilines is 3. The standard InChI is InChI=1S/C22H19N9/c23-10-14-1-2-19(27-11-14)30-20-9-15(3-8-26-20)21-29-18-13-25-7-5-17(18)22(31-21)28-16-4-6-24-12-16/h1-3,5,7-9,11,13,16,24H,4,6,12H2,(H,26,27,30)(H,28,29,31)/t16-/m1/s1. The number of nitriles is 1. The van der Waals surface area contributed by atoms with Gasteiger partial charge >= 0.3 is 0 Å². The molecule has 9 nitrogen and oxygen atoms in total. The highest BCUT2D eigenvalue weighted by Gasteiger charge is 2.17. The molecule has 5 heterocycles. The zero-order chi connectivity index (χ0) is 21.0. The number of nitrogens with zero attached hydrogens (tertiary/aromatic N) is 6. The van der Waals surface area contributed by atoms with E-state index in [1.165, 1.54) is 6.20 Å². The molecule has 0 amide bonds. The van der Waals surface area contributed by atoms with Gasteiger partial charge in [0, 0.05) is 42.1 Å². The van der Waals surface area contributed by atoms with Crippen molar-refractivity contribution < 1.29 is 0 Å². The van der Waals surface area contributed by atoms with E-state index in [1.807, 2.05) is 18.2 Å². The summed E-state index contributed by atoms with van der Waals surface area (Å²) in [5.74, 6) is 2.60. The van der Waals surface area contributed by atoms with E-state index < -0.39 is 0 Å². The van der Waals surface area contributed by atoms with Crippen LogP contribution in [-0.2, 0) is 0 Å². The molecule has 0 aliphatic carbocycles.